The third-order valence-corrected chi connectivity index (χ3v) is 5.47. The Morgan fingerprint density at radius 1 is 1.04 bits per heavy atom. The van der Waals surface area contributed by atoms with Gasteiger partial charge in [-0.25, -0.2) is 21.2 Å². The molecule has 0 spiro atoms. The summed E-state index contributed by atoms with van der Waals surface area (Å²) in [5.41, 5.74) is -0.251. The number of rotatable bonds is 5. The second-order valence-corrected chi connectivity index (χ2v) is 8.34. The van der Waals surface area contributed by atoms with E-state index < -0.39 is 30.6 Å². The average Bonchev–Trinajstić information content (AvgIpc) is 2.48. The van der Waals surface area contributed by atoms with Crippen molar-refractivity contribution in [1.82, 2.24) is 0 Å². The summed E-state index contributed by atoms with van der Waals surface area (Å²) in [6, 6.07) is 8.66. The Hall–Kier alpha value is -2.13. The molecule has 0 saturated carbocycles. The van der Waals surface area contributed by atoms with Gasteiger partial charge in [-0.15, -0.1) is 0 Å². The van der Waals surface area contributed by atoms with Crippen molar-refractivity contribution in [3.63, 3.8) is 0 Å². The quantitative estimate of drug-likeness (QED) is 0.882. The largest absolute Gasteiger partial charge is 0.495 e. The summed E-state index contributed by atoms with van der Waals surface area (Å²) in [6.45, 7) is 0. The molecule has 0 radical (unpaired) electrons. The molecule has 0 saturated heterocycles. The Kier molecular flexibility index (Phi) is 4.62. The van der Waals surface area contributed by atoms with Crippen molar-refractivity contribution in [2.24, 2.45) is 0 Å². The number of anilines is 1. The molecule has 23 heavy (non-hydrogen) atoms. The Labute approximate surface area is 133 Å². The molecule has 6 nitrogen and oxygen atoms in total. The lowest BCUT2D eigenvalue weighted by molar-refractivity contribution is 0.402. The highest BCUT2D eigenvalue weighted by Crippen LogP contribution is 2.29. The molecule has 0 aromatic heterocycles. The van der Waals surface area contributed by atoms with E-state index in [9.17, 15) is 21.2 Å². The molecule has 0 heterocycles. The van der Waals surface area contributed by atoms with Crippen LogP contribution in [0.5, 0.6) is 5.75 Å². The van der Waals surface area contributed by atoms with Gasteiger partial charge in [-0.1, -0.05) is 12.1 Å². The number of benzene rings is 2. The normalized spacial score (nSPS) is 12.0. The molecule has 2 aromatic carbocycles. The lowest BCUT2D eigenvalue weighted by Gasteiger charge is -2.13. The molecule has 0 atom stereocenters. The van der Waals surface area contributed by atoms with E-state index in [1.54, 1.807) is 0 Å². The summed E-state index contributed by atoms with van der Waals surface area (Å²) in [6.07, 6.45) is 0.954. The van der Waals surface area contributed by atoms with Gasteiger partial charge in [-0.05, 0) is 30.3 Å². The molecule has 0 aliphatic heterocycles. The first-order valence-electron chi connectivity index (χ1n) is 6.30. The van der Waals surface area contributed by atoms with Crippen molar-refractivity contribution in [2.75, 3.05) is 18.1 Å². The summed E-state index contributed by atoms with van der Waals surface area (Å²) in [5.74, 6) is -0.810. The maximum Gasteiger partial charge on any atom is 0.265 e. The maximum absolute atomic E-state index is 13.6. The standard InChI is InChI=1S/C14H14FNO5S2/c1-21-13-8-7-10(22(2,17)18)9-14(13)23(19,20)16-12-6-4-3-5-11(12)15/h3-9,16H,1-2H3. The number of methoxy groups -OCH3 is 1. The first-order valence-corrected chi connectivity index (χ1v) is 9.68. The minimum absolute atomic E-state index is 0.0544. The molecule has 2 aromatic rings. The van der Waals surface area contributed by atoms with E-state index in [4.69, 9.17) is 4.74 Å². The van der Waals surface area contributed by atoms with Gasteiger partial charge in [0.05, 0.1) is 17.7 Å². The Morgan fingerprint density at radius 2 is 1.70 bits per heavy atom. The number of hydrogen-bond acceptors (Lipinski definition) is 5. The summed E-state index contributed by atoms with van der Waals surface area (Å²) in [7, 11) is -6.61. The van der Waals surface area contributed by atoms with Crippen LogP contribution in [0.15, 0.2) is 52.3 Å². The molecular formula is C14H14FNO5S2. The molecule has 0 aliphatic rings. The minimum Gasteiger partial charge on any atom is -0.495 e. The first kappa shape index (κ1) is 17.2. The summed E-state index contributed by atoms with van der Waals surface area (Å²) < 4.78 is 68.8. The van der Waals surface area contributed by atoms with Gasteiger partial charge in [0.25, 0.3) is 10.0 Å². The topological polar surface area (TPSA) is 89.5 Å². The fourth-order valence-electron chi connectivity index (χ4n) is 1.84. The van der Waals surface area contributed by atoms with E-state index in [1.807, 2.05) is 0 Å². The van der Waals surface area contributed by atoms with E-state index >= 15 is 0 Å². The maximum atomic E-state index is 13.6. The zero-order chi connectivity index (χ0) is 17.3. The van der Waals surface area contributed by atoms with Gasteiger partial charge in [-0.2, -0.15) is 0 Å². The third kappa shape index (κ3) is 3.80. The molecular weight excluding hydrogens is 345 g/mol. The highest BCUT2D eigenvalue weighted by Gasteiger charge is 2.23. The predicted octanol–water partition coefficient (Wildman–Crippen LogP) is 2.04. The van der Waals surface area contributed by atoms with Crippen LogP contribution in [0.2, 0.25) is 0 Å². The molecule has 0 aliphatic carbocycles. The van der Waals surface area contributed by atoms with Gasteiger partial charge in [0.15, 0.2) is 9.84 Å². The van der Waals surface area contributed by atoms with Gasteiger partial charge in [0.2, 0.25) is 0 Å². The minimum atomic E-state index is -4.24. The zero-order valence-electron chi connectivity index (χ0n) is 12.3. The average molecular weight is 359 g/mol. The van der Waals surface area contributed by atoms with E-state index in [1.165, 1.54) is 37.4 Å². The Morgan fingerprint density at radius 3 is 2.26 bits per heavy atom. The highest BCUT2D eigenvalue weighted by molar-refractivity contribution is 7.93. The third-order valence-electron chi connectivity index (χ3n) is 2.97. The number of sulfonamides is 1. The number of para-hydroxylation sites is 1. The van der Waals surface area contributed by atoms with E-state index in [0.717, 1.165) is 18.4 Å². The van der Waals surface area contributed by atoms with Crippen LogP contribution in [-0.2, 0) is 19.9 Å². The lowest BCUT2D eigenvalue weighted by Crippen LogP contribution is -2.15. The lowest BCUT2D eigenvalue weighted by atomic mass is 10.3. The first-order chi connectivity index (χ1) is 10.6. The summed E-state index contributed by atoms with van der Waals surface area (Å²) in [4.78, 5) is -0.585. The molecule has 0 fully saturated rings. The van der Waals surface area contributed by atoms with Crippen LogP contribution in [0.3, 0.4) is 0 Å². The van der Waals surface area contributed by atoms with Crippen molar-refractivity contribution in [1.29, 1.82) is 0 Å². The second-order valence-electron chi connectivity index (χ2n) is 4.67. The van der Waals surface area contributed by atoms with Crippen LogP contribution in [0.4, 0.5) is 10.1 Å². The van der Waals surface area contributed by atoms with E-state index in [2.05, 4.69) is 4.72 Å². The van der Waals surface area contributed by atoms with Crippen molar-refractivity contribution in [2.45, 2.75) is 9.79 Å². The van der Waals surface area contributed by atoms with Crippen LogP contribution in [0, 0.1) is 5.82 Å². The number of ether oxygens (including phenoxy) is 1. The molecule has 9 heteroatoms. The molecule has 0 amide bonds. The van der Waals surface area contributed by atoms with Crippen molar-refractivity contribution in [3.8, 4) is 5.75 Å². The number of halogens is 1. The van der Waals surface area contributed by atoms with Crippen LogP contribution in [0.25, 0.3) is 0 Å². The van der Waals surface area contributed by atoms with E-state index in [0.29, 0.717) is 0 Å². The molecule has 0 unspecified atom stereocenters. The smallest absolute Gasteiger partial charge is 0.265 e. The Balaban J connectivity index is 2.57. The fraction of sp³-hybridized carbons (Fsp3) is 0.143. The predicted molar refractivity (Wildman–Crippen MR) is 83.3 cm³/mol. The van der Waals surface area contributed by atoms with Crippen LogP contribution >= 0.6 is 0 Å². The summed E-state index contributed by atoms with van der Waals surface area (Å²) >= 11 is 0. The molecule has 124 valence electrons. The van der Waals surface area contributed by atoms with Gasteiger partial charge in [-0.3, -0.25) is 4.72 Å². The van der Waals surface area contributed by atoms with Crippen LogP contribution in [-0.4, -0.2) is 30.2 Å². The molecule has 2 rings (SSSR count). The van der Waals surface area contributed by atoms with Crippen molar-refractivity contribution in [3.05, 3.63) is 48.3 Å². The summed E-state index contributed by atoms with van der Waals surface area (Å²) in [5, 5.41) is 0. The zero-order valence-corrected chi connectivity index (χ0v) is 13.9. The fourth-order valence-corrected chi connectivity index (χ4v) is 3.83. The van der Waals surface area contributed by atoms with Crippen molar-refractivity contribution >= 4 is 25.5 Å². The number of sulfone groups is 1. The second kappa shape index (κ2) is 6.17. The van der Waals surface area contributed by atoms with E-state index in [-0.39, 0.29) is 16.3 Å². The Bertz CT molecular complexity index is 939. The van der Waals surface area contributed by atoms with Gasteiger partial charge in [0, 0.05) is 6.26 Å². The number of hydrogen-bond donors (Lipinski definition) is 1. The van der Waals surface area contributed by atoms with Crippen LogP contribution in [0.1, 0.15) is 0 Å². The number of nitrogens with one attached hydrogen (secondary N) is 1. The van der Waals surface area contributed by atoms with Crippen LogP contribution < -0.4 is 9.46 Å². The SMILES string of the molecule is COc1ccc(S(C)(=O)=O)cc1S(=O)(=O)Nc1ccccc1F. The van der Waals surface area contributed by atoms with Gasteiger partial charge in [0.1, 0.15) is 16.5 Å². The highest BCUT2D eigenvalue weighted by atomic mass is 32.2. The van der Waals surface area contributed by atoms with Crippen molar-refractivity contribution < 1.29 is 26.0 Å². The molecule has 1 N–H and O–H groups in total. The van der Waals surface area contributed by atoms with Gasteiger partial charge < -0.3 is 4.74 Å². The monoisotopic (exact) mass is 359 g/mol. The van der Waals surface area contributed by atoms with Gasteiger partial charge >= 0.3 is 0 Å². The molecule has 0 bridgehead atoms.